The van der Waals surface area contributed by atoms with Crippen molar-refractivity contribution in [3.8, 4) is 0 Å². The summed E-state index contributed by atoms with van der Waals surface area (Å²) >= 11 is 4.13. The van der Waals surface area contributed by atoms with E-state index < -0.39 is 0 Å². The highest BCUT2D eigenvalue weighted by Gasteiger charge is 2.11. The van der Waals surface area contributed by atoms with Crippen molar-refractivity contribution in [3.05, 3.63) is 57.0 Å². The molecule has 2 heterocycles. The highest BCUT2D eigenvalue weighted by Crippen LogP contribution is 2.32. The first-order valence-electron chi connectivity index (χ1n) is 6.62. The van der Waals surface area contributed by atoms with E-state index in [0.29, 0.717) is 5.75 Å². The minimum Gasteiger partial charge on any atom is -0.330 e. The zero-order chi connectivity index (χ0) is 16.2. The maximum atomic E-state index is 10.7. The summed E-state index contributed by atoms with van der Waals surface area (Å²) in [6.45, 7) is 2.03. The molecule has 6 nitrogen and oxygen atoms in total. The second-order valence-corrected chi connectivity index (χ2v) is 7.80. The number of hydrogen-bond donors (Lipinski definition) is 1. The second-order valence-electron chi connectivity index (χ2n) is 4.71. The van der Waals surface area contributed by atoms with Gasteiger partial charge in [-0.15, -0.1) is 10.2 Å². The lowest BCUT2D eigenvalue weighted by Gasteiger charge is -2.01. The molecule has 0 amide bonds. The molecule has 0 fully saturated rings. The van der Waals surface area contributed by atoms with Gasteiger partial charge in [-0.2, -0.15) is 0 Å². The standard InChI is InChI=1S/C14H12N4O2S3/c1-9-3-2-4-11(5-9)15-13-16-17-14(23-13)22-8-10-6-12(18(19)20)21-7-10/h2-7H,8H2,1H3,(H,15,16). The van der Waals surface area contributed by atoms with Crippen LogP contribution in [0.4, 0.5) is 15.8 Å². The fraction of sp³-hybridized carbons (Fsp3) is 0.143. The van der Waals surface area contributed by atoms with E-state index in [1.54, 1.807) is 11.4 Å². The van der Waals surface area contributed by atoms with E-state index in [9.17, 15) is 10.1 Å². The van der Waals surface area contributed by atoms with Crippen LogP contribution in [0.15, 0.2) is 40.1 Å². The summed E-state index contributed by atoms with van der Waals surface area (Å²) in [5.41, 5.74) is 3.08. The molecule has 3 rings (SSSR count). The Balaban J connectivity index is 1.59. The molecule has 0 unspecified atom stereocenters. The Hall–Kier alpha value is -1.97. The normalized spacial score (nSPS) is 10.7. The number of thioether (sulfide) groups is 1. The lowest BCUT2D eigenvalue weighted by atomic mass is 10.2. The van der Waals surface area contributed by atoms with Crippen LogP contribution < -0.4 is 5.32 Å². The predicted molar refractivity (Wildman–Crippen MR) is 94.9 cm³/mol. The highest BCUT2D eigenvalue weighted by atomic mass is 32.2. The molecule has 3 aromatic rings. The summed E-state index contributed by atoms with van der Waals surface area (Å²) in [5.74, 6) is 0.642. The average Bonchev–Trinajstić information content (AvgIpc) is 3.14. The van der Waals surface area contributed by atoms with Crippen molar-refractivity contribution in [1.82, 2.24) is 10.2 Å². The zero-order valence-corrected chi connectivity index (χ0v) is 14.5. The number of benzene rings is 1. The first-order valence-corrected chi connectivity index (χ1v) is 9.30. The summed E-state index contributed by atoms with van der Waals surface area (Å²) in [7, 11) is 0. The van der Waals surface area contributed by atoms with Gasteiger partial charge < -0.3 is 5.32 Å². The van der Waals surface area contributed by atoms with Crippen LogP contribution in [-0.2, 0) is 5.75 Å². The average molecular weight is 364 g/mol. The Bertz CT molecular complexity index is 831. The largest absolute Gasteiger partial charge is 0.330 e. The molecular formula is C14H12N4O2S3. The van der Waals surface area contributed by atoms with Crippen LogP contribution >= 0.6 is 34.4 Å². The Kier molecular flexibility index (Phi) is 4.89. The van der Waals surface area contributed by atoms with Gasteiger partial charge in [0.25, 0.3) is 0 Å². The Labute approximate surface area is 144 Å². The van der Waals surface area contributed by atoms with Gasteiger partial charge >= 0.3 is 5.00 Å². The van der Waals surface area contributed by atoms with Crippen LogP contribution in [0, 0.1) is 17.0 Å². The third-order valence-corrected chi connectivity index (χ3v) is 5.83. The van der Waals surface area contributed by atoms with E-state index in [4.69, 9.17) is 0 Å². The van der Waals surface area contributed by atoms with Gasteiger partial charge in [0.15, 0.2) is 4.34 Å². The number of aryl methyl sites for hydroxylation is 1. The molecule has 2 aromatic heterocycles. The summed E-state index contributed by atoms with van der Waals surface area (Å²) in [4.78, 5) is 10.3. The van der Waals surface area contributed by atoms with Crippen molar-refractivity contribution in [2.75, 3.05) is 5.32 Å². The van der Waals surface area contributed by atoms with E-state index in [1.165, 1.54) is 28.7 Å². The van der Waals surface area contributed by atoms with E-state index in [1.807, 2.05) is 31.2 Å². The van der Waals surface area contributed by atoms with Gasteiger partial charge in [0, 0.05) is 22.9 Å². The number of thiophene rings is 1. The molecule has 0 saturated carbocycles. The first kappa shape index (κ1) is 15.9. The molecule has 0 atom stereocenters. The molecule has 118 valence electrons. The second kappa shape index (κ2) is 7.07. The molecular weight excluding hydrogens is 352 g/mol. The Morgan fingerprint density at radius 3 is 2.96 bits per heavy atom. The van der Waals surface area contributed by atoms with Crippen molar-refractivity contribution < 1.29 is 4.92 Å². The fourth-order valence-electron chi connectivity index (χ4n) is 1.84. The summed E-state index contributed by atoms with van der Waals surface area (Å²) in [5, 5.41) is 24.8. The maximum Gasteiger partial charge on any atom is 0.324 e. The van der Waals surface area contributed by atoms with Gasteiger partial charge in [-0.05, 0) is 30.2 Å². The van der Waals surface area contributed by atoms with Crippen LogP contribution in [0.5, 0.6) is 0 Å². The van der Waals surface area contributed by atoms with Gasteiger partial charge in [0.05, 0.1) is 4.92 Å². The van der Waals surface area contributed by atoms with Crippen LogP contribution in [-0.4, -0.2) is 15.1 Å². The van der Waals surface area contributed by atoms with Gasteiger partial charge in [0.2, 0.25) is 5.13 Å². The third kappa shape index (κ3) is 4.27. The summed E-state index contributed by atoms with van der Waals surface area (Å²) in [6, 6.07) is 9.64. The Morgan fingerprint density at radius 2 is 2.22 bits per heavy atom. The molecule has 23 heavy (non-hydrogen) atoms. The van der Waals surface area contributed by atoms with Gasteiger partial charge in [-0.1, -0.05) is 46.6 Å². The zero-order valence-electron chi connectivity index (χ0n) is 12.1. The lowest BCUT2D eigenvalue weighted by molar-refractivity contribution is -0.380. The molecule has 1 aromatic carbocycles. The SMILES string of the molecule is Cc1cccc(Nc2nnc(SCc3csc([N+](=O)[O-])c3)s2)c1. The molecule has 0 saturated heterocycles. The molecule has 0 aliphatic carbocycles. The Morgan fingerprint density at radius 1 is 1.35 bits per heavy atom. The number of nitrogens with zero attached hydrogens (tertiary/aromatic N) is 3. The van der Waals surface area contributed by atoms with E-state index in [2.05, 4.69) is 15.5 Å². The smallest absolute Gasteiger partial charge is 0.324 e. The minimum absolute atomic E-state index is 0.166. The highest BCUT2D eigenvalue weighted by molar-refractivity contribution is 8.00. The van der Waals surface area contributed by atoms with E-state index >= 15 is 0 Å². The first-order chi connectivity index (χ1) is 11.1. The minimum atomic E-state index is -0.367. The van der Waals surface area contributed by atoms with E-state index in [0.717, 1.165) is 32.1 Å². The van der Waals surface area contributed by atoms with Crippen molar-refractivity contribution in [1.29, 1.82) is 0 Å². The molecule has 0 aliphatic rings. The number of rotatable bonds is 6. The molecule has 0 spiro atoms. The number of nitrogens with one attached hydrogen (secondary N) is 1. The summed E-state index contributed by atoms with van der Waals surface area (Å²) in [6.07, 6.45) is 0. The number of aromatic nitrogens is 2. The number of hydrogen-bond acceptors (Lipinski definition) is 8. The van der Waals surface area contributed by atoms with Crippen LogP contribution in [0.3, 0.4) is 0 Å². The number of anilines is 2. The molecule has 9 heteroatoms. The monoisotopic (exact) mass is 364 g/mol. The molecule has 0 bridgehead atoms. The molecule has 1 N–H and O–H groups in total. The van der Waals surface area contributed by atoms with Crippen molar-refractivity contribution in [2.45, 2.75) is 17.0 Å². The predicted octanol–water partition coefficient (Wildman–Crippen LogP) is 4.85. The quantitative estimate of drug-likeness (QED) is 0.382. The fourth-order valence-corrected chi connectivity index (χ4v) is 4.38. The maximum absolute atomic E-state index is 10.7. The van der Waals surface area contributed by atoms with Gasteiger partial charge in [0.1, 0.15) is 0 Å². The van der Waals surface area contributed by atoms with Crippen molar-refractivity contribution in [3.63, 3.8) is 0 Å². The molecule has 0 radical (unpaired) electrons. The number of nitro groups is 1. The van der Waals surface area contributed by atoms with E-state index in [-0.39, 0.29) is 9.92 Å². The van der Waals surface area contributed by atoms with Crippen molar-refractivity contribution in [2.24, 2.45) is 0 Å². The van der Waals surface area contributed by atoms with Crippen molar-refractivity contribution >= 4 is 50.3 Å². The van der Waals surface area contributed by atoms with Crippen LogP contribution in [0.1, 0.15) is 11.1 Å². The molecule has 0 aliphatic heterocycles. The van der Waals surface area contributed by atoms with Crippen LogP contribution in [0.25, 0.3) is 0 Å². The third-order valence-electron chi connectivity index (χ3n) is 2.86. The van der Waals surface area contributed by atoms with Gasteiger partial charge in [-0.3, -0.25) is 10.1 Å². The summed E-state index contributed by atoms with van der Waals surface area (Å²) < 4.78 is 0.828. The topological polar surface area (TPSA) is 81.0 Å². The van der Waals surface area contributed by atoms with Crippen LogP contribution in [0.2, 0.25) is 0 Å². The van der Waals surface area contributed by atoms with Gasteiger partial charge in [-0.25, -0.2) is 0 Å². The lowest BCUT2D eigenvalue weighted by Crippen LogP contribution is -1.89.